The van der Waals surface area contributed by atoms with E-state index in [1.54, 1.807) is 19.1 Å². The Morgan fingerprint density at radius 2 is 1.36 bits per heavy atom. The van der Waals surface area contributed by atoms with Crippen LogP contribution in [-0.2, 0) is 15.4 Å². The number of hydrogen-bond donors (Lipinski definition) is 3. The van der Waals surface area contributed by atoms with Crippen molar-refractivity contribution >= 4 is 7.60 Å². The maximum absolute atomic E-state index is 11.8. The fourth-order valence-electron chi connectivity index (χ4n) is 2.66. The summed E-state index contributed by atoms with van der Waals surface area (Å²) in [6, 6.07) is 3.50. The van der Waals surface area contributed by atoms with Crippen LogP contribution in [0.15, 0.2) is 12.1 Å². The summed E-state index contributed by atoms with van der Waals surface area (Å²) in [7, 11) is -4.24. The summed E-state index contributed by atoms with van der Waals surface area (Å²) in [6.45, 7) is 13.7. The minimum Gasteiger partial charge on any atom is -0.507 e. The standard InChI is InChI=1S/C17H29O4P/c1-8-14(22(19,20)21)11-9-12(16(2,3)4)15(18)13(10-11)17(5,6)7/h9-10,14,18H,8H2,1-7H3,(H2,19,20,21). The summed E-state index contributed by atoms with van der Waals surface area (Å²) < 4.78 is 11.8. The highest BCUT2D eigenvalue weighted by atomic mass is 31.2. The van der Waals surface area contributed by atoms with Gasteiger partial charge in [-0.25, -0.2) is 0 Å². The lowest BCUT2D eigenvalue weighted by Crippen LogP contribution is -2.18. The molecule has 0 aromatic heterocycles. The first kappa shape index (κ1) is 19.2. The Bertz CT molecular complexity index is 553. The van der Waals surface area contributed by atoms with Crippen LogP contribution in [0.1, 0.15) is 77.2 Å². The molecule has 0 spiro atoms. The third kappa shape index (κ3) is 4.13. The smallest absolute Gasteiger partial charge is 0.332 e. The first-order valence-corrected chi connectivity index (χ1v) is 9.30. The molecule has 0 bridgehead atoms. The summed E-state index contributed by atoms with van der Waals surface area (Å²) >= 11 is 0. The second kappa shape index (κ2) is 5.99. The van der Waals surface area contributed by atoms with Gasteiger partial charge in [0.05, 0.1) is 5.66 Å². The molecule has 1 aromatic carbocycles. The minimum absolute atomic E-state index is 0.226. The van der Waals surface area contributed by atoms with Gasteiger partial charge in [0, 0.05) is 0 Å². The topological polar surface area (TPSA) is 77.8 Å². The quantitative estimate of drug-likeness (QED) is 0.708. The van der Waals surface area contributed by atoms with Crippen LogP contribution in [-0.4, -0.2) is 14.9 Å². The number of phenolic OH excluding ortho intramolecular Hbond substituents is 1. The monoisotopic (exact) mass is 328 g/mol. The number of benzene rings is 1. The van der Waals surface area contributed by atoms with Gasteiger partial charge >= 0.3 is 7.60 Å². The zero-order valence-corrected chi connectivity index (χ0v) is 15.5. The van der Waals surface area contributed by atoms with E-state index in [-0.39, 0.29) is 16.6 Å². The van der Waals surface area contributed by atoms with Crippen molar-refractivity contribution in [2.45, 2.75) is 71.4 Å². The molecule has 0 aliphatic carbocycles. The largest absolute Gasteiger partial charge is 0.507 e. The van der Waals surface area contributed by atoms with E-state index in [0.717, 1.165) is 11.1 Å². The van der Waals surface area contributed by atoms with E-state index >= 15 is 0 Å². The van der Waals surface area contributed by atoms with Crippen molar-refractivity contribution in [1.82, 2.24) is 0 Å². The fraction of sp³-hybridized carbons (Fsp3) is 0.647. The number of rotatable bonds is 3. The van der Waals surface area contributed by atoms with Crippen LogP contribution in [0.4, 0.5) is 0 Å². The van der Waals surface area contributed by atoms with Gasteiger partial charge in [-0.15, -0.1) is 0 Å². The van der Waals surface area contributed by atoms with Crippen LogP contribution >= 0.6 is 7.60 Å². The van der Waals surface area contributed by atoms with Crippen LogP contribution in [0.3, 0.4) is 0 Å². The summed E-state index contributed by atoms with van der Waals surface area (Å²) in [5.74, 6) is 0.226. The molecular formula is C17H29O4P. The Kier molecular flexibility index (Phi) is 5.23. The minimum atomic E-state index is -4.24. The van der Waals surface area contributed by atoms with Crippen molar-refractivity contribution in [3.63, 3.8) is 0 Å². The lowest BCUT2D eigenvalue weighted by molar-refractivity contribution is 0.356. The average Bonchev–Trinajstić information content (AvgIpc) is 2.26. The Labute approximate surface area is 133 Å². The highest BCUT2D eigenvalue weighted by molar-refractivity contribution is 7.52. The molecule has 0 fully saturated rings. The summed E-state index contributed by atoms with van der Waals surface area (Å²) in [5.41, 5.74) is 0.586. The molecule has 3 N–H and O–H groups in total. The maximum atomic E-state index is 11.8. The van der Waals surface area contributed by atoms with E-state index in [0.29, 0.717) is 12.0 Å². The van der Waals surface area contributed by atoms with Gasteiger partial charge in [0.1, 0.15) is 5.75 Å². The van der Waals surface area contributed by atoms with Crippen molar-refractivity contribution < 1.29 is 19.5 Å². The van der Waals surface area contributed by atoms with Gasteiger partial charge in [0.15, 0.2) is 0 Å². The van der Waals surface area contributed by atoms with Crippen molar-refractivity contribution in [3.05, 3.63) is 28.8 Å². The summed E-state index contributed by atoms with van der Waals surface area (Å²) in [5, 5.41) is 10.6. The molecule has 22 heavy (non-hydrogen) atoms. The van der Waals surface area contributed by atoms with Gasteiger partial charge in [-0.3, -0.25) is 4.57 Å². The molecule has 0 radical (unpaired) electrons. The third-order valence-electron chi connectivity index (χ3n) is 3.93. The number of aromatic hydroxyl groups is 1. The van der Waals surface area contributed by atoms with Crippen LogP contribution in [0, 0.1) is 0 Å². The molecule has 0 saturated carbocycles. The Morgan fingerprint density at radius 3 is 1.59 bits per heavy atom. The Morgan fingerprint density at radius 1 is 1.00 bits per heavy atom. The van der Waals surface area contributed by atoms with Gasteiger partial charge in [-0.05, 0) is 33.9 Å². The van der Waals surface area contributed by atoms with Gasteiger partial charge in [-0.2, -0.15) is 0 Å². The fourth-order valence-corrected chi connectivity index (χ4v) is 3.67. The van der Waals surface area contributed by atoms with E-state index in [9.17, 15) is 19.5 Å². The Balaban J connectivity index is 3.72. The van der Waals surface area contributed by atoms with Crippen molar-refractivity contribution in [3.8, 4) is 5.75 Å². The van der Waals surface area contributed by atoms with E-state index in [1.807, 2.05) is 41.5 Å². The molecule has 0 amide bonds. The number of hydrogen-bond acceptors (Lipinski definition) is 2. The molecule has 1 atom stereocenters. The second-order valence-electron chi connectivity index (χ2n) is 7.98. The highest BCUT2D eigenvalue weighted by Gasteiger charge is 2.33. The molecule has 0 saturated heterocycles. The molecular weight excluding hydrogens is 299 g/mol. The van der Waals surface area contributed by atoms with E-state index in [4.69, 9.17) is 0 Å². The SMILES string of the molecule is CCC(c1cc(C(C)(C)C)c(O)c(C(C)(C)C)c1)P(=O)(O)O. The van der Waals surface area contributed by atoms with Crippen LogP contribution in [0.5, 0.6) is 5.75 Å². The zero-order valence-electron chi connectivity index (χ0n) is 14.6. The normalized spacial score (nSPS) is 15.0. The second-order valence-corrected chi connectivity index (χ2v) is 9.78. The van der Waals surface area contributed by atoms with Crippen molar-refractivity contribution in [2.75, 3.05) is 0 Å². The van der Waals surface area contributed by atoms with Crippen LogP contribution < -0.4 is 0 Å². The molecule has 126 valence electrons. The average molecular weight is 328 g/mol. The molecule has 0 aliphatic heterocycles. The van der Waals surface area contributed by atoms with Gasteiger partial charge in [-0.1, -0.05) is 60.6 Å². The molecule has 5 heteroatoms. The summed E-state index contributed by atoms with van der Waals surface area (Å²) in [4.78, 5) is 19.3. The molecule has 1 unspecified atom stereocenters. The predicted molar refractivity (Wildman–Crippen MR) is 90.6 cm³/mol. The lowest BCUT2D eigenvalue weighted by atomic mass is 9.78. The molecule has 1 aromatic rings. The predicted octanol–water partition coefficient (Wildman–Crippen LogP) is 4.62. The maximum Gasteiger partial charge on any atom is 0.332 e. The van der Waals surface area contributed by atoms with Gasteiger partial charge < -0.3 is 14.9 Å². The van der Waals surface area contributed by atoms with Gasteiger partial charge in [0.2, 0.25) is 0 Å². The van der Waals surface area contributed by atoms with E-state index in [1.165, 1.54) is 0 Å². The molecule has 4 nitrogen and oxygen atoms in total. The summed E-state index contributed by atoms with van der Waals surface area (Å²) in [6.07, 6.45) is 0.349. The highest BCUT2D eigenvalue weighted by Crippen LogP contribution is 2.55. The van der Waals surface area contributed by atoms with Crippen molar-refractivity contribution in [2.24, 2.45) is 0 Å². The molecule has 1 rings (SSSR count). The Hall–Kier alpha value is -0.830. The zero-order chi connectivity index (χ0) is 17.5. The van der Waals surface area contributed by atoms with E-state index < -0.39 is 13.3 Å². The van der Waals surface area contributed by atoms with Crippen LogP contribution in [0.25, 0.3) is 0 Å². The number of phenols is 1. The van der Waals surface area contributed by atoms with Crippen LogP contribution in [0.2, 0.25) is 0 Å². The lowest BCUT2D eigenvalue weighted by Gasteiger charge is -2.30. The molecule has 0 aliphatic rings. The first-order valence-electron chi connectivity index (χ1n) is 7.62. The first-order chi connectivity index (χ1) is 9.69. The molecule has 0 heterocycles. The third-order valence-corrected chi connectivity index (χ3v) is 5.40. The van der Waals surface area contributed by atoms with E-state index in [2.05, 4.69) is 0 Å². The van der Waals surface area contributed by atoms with Gasteiger partial charge in [0.25, 0.3) is 0 Å². The van der Waals surface area contributed by atoms with Crippen molar-refractivity contribution in [1.29, 1.82) is 0 Å².